The highest BCUT2D eigenvalue weighted by Gasteiger charge is 2.06. The van der Waals surface area contributed by atoms with E-state index in [1.54, 1.807) is 18.2 Å². The van der Waals surface area contributed by atoms with Crippen molar-refractivity contribution in [3.8, 4) is 5.75 Å². The van der Waals surface area contributed by atoms with Gasteiger partial charge in [0, 0.05) is 22.5 Å². The Kier molecular flexibility index (Phi) is 5.06. The van der Waals surface area contributed by atoms with Crippen molar-refractivity contribution in [2.75, 3.05) is 5.32 Å². The lowest BCUT2D eigenvalue weighted by atomic mass is 10.1. The van der Waals surface area contributed by atoms with Gasteiger partial charge in [-0.2, -0.15) is 0 Å². The summed E-state index contributed by atoms with van der Waals surface area (Å²) in [4.78, 5) is 12.0. The van der Waals surface area contributed by atoms with E-state index in [4.69, 9.17) is 12.2 Å². The maximum absolute atomic E-state index is 12.0. The van der Waals surface area contributed by atoms with Crippen LogP contribution in [-0.2, 0) is 4.79 Å². The number of rotatable bonds is 3. The van der Waals surface area contributed by atoms with E-state index in [2.05, 4.69) is 10.6 Å². The van der Waals surface area contributed by atoms with Crippen molar-refractivity contribution in [1.29, 1.82) is 0 Å². The molecule has 0 saturated carbocycles. The third-order valence-corrected chi connectivity index (χ3v) is 3.81. The molecule has 124 valence electrons. The minimum absolute atomic E-state index is 0.193. The van der Waals surface area contributed by atoms with Gasteiger partial charge in [0.1, 0.15) is 5.75 Å². The third-order valence-electron chi connectivity index (χ3n) is 3.61. The Hall–Kier alpha value is -3.18. The van der Waals surface area contributed by atoms with Gasteiger partial charge in [0.25, 0.3) is 0 Å². The standard InChI is InChI=1S/C20H16N2O2S/c23-18-11-5-8-15-16(18)9-4-10-17(15)21-20(25)22-19(24)13-12-14-6-2-1-3-7-14/h1-13,23H,(H2,21,22,24,25)/b13-12+. The van der Waals surface area contributed by atoms with Crippen LogP contribution in [0.4, 0.5) is 5.69 Å². The second-order valence-corrected chi connectivity index (χ2v) is 5.77. The topological polar surface area (TPSA) is 61.4 Å². The summed E-state index contributed by atoms with van der Waals surface area (Å²) < 4.78 is 0. The molecule has 0 fully saturated rings. The van der Waals surface area contributed by atoms with E-state index in [0.29, 0.717) is 11.1 Å². The van der Waals surface area contributed by atoms with Gasteiger partial charge in [-0.05, 0) is 36.0 Å². The van der Waals surface area contributed by atoms with Crippen molar-refractivity contribution >= 4 is 45.8 Å². The lowest BCUT2D eigenvalue weighted by Crippen LogP contribution is -2.32. The van der Waals surface area contributed by atoms with Gasteiger partial charge >= 0.3 is 0 Å². The number of amides is 1. The predicted octanol–water partition coefficient (Wildman–Crippen LogP) is 4.07. The van der Waals surface area contributed by atoms with Gasteiger partial charge < -0.3 is 10.4 Å². The summed E-state index contributed by atoms with van der Waals surface area (Å²) in [5, 5.41) is 17.2. The molecule has 1 amide bonds. The van der Waals surface area contributed by atoms with Crippen molar-refractivity contribution in [2.45, 2.75) is 0 Å². The molecule has 25 heavy (non-hydrogen) atoms. The fourth-order valence-electron chi connectivity index (χ4n) is 2.45. The number of thiocarbonyl (C=S) groups is 1. The molecule has 0 unspecified atom stereocenters. The molecule has 3 aromatic rings. The number of phenolic OH excluding ortho intramolecular Hbond substituents is 1. The molecule has 0 aliphatic carbocycles. The number of nitrogens with one attached hydrogen (secondary N) is 2. The number of hydrogen-bond acceptors (Lipinski definition) is 3. The Morgan fingerprint density at radius 2 is 1.64 bits per heavy atom. The smallest absolute Gasteiger partial charge is 0.250 e. The lowest BCUT2D eigenvalue weighted by molar-refractivity contribution is -0.115. The summed E-state index contributed by atoms with van der Waals surface area (Å²) in [6.45, 7) is 0. The zero-order chi connectivity index (χ0) is 17.6. The second-order valence-electron chi connectivity index (χ2n) is 5.37. The first-order valence-electron chi connectivity index (χ1n) is 7.69. The molecule has 0 bridgehead atoms. The van der Waals surface area contributed by atoms with Crippen LogP contribution in [0.5, 0.6) is 5.75 Å². The Labute approximate surface area is 150 Å². The van der Waals surface area contributed by atoms with Crippen LogP contribution in [0.1, 0.15) is 5.56 Å². The van der Waals surface area contributed by atoms with Gasteiger partial charge in [-0.15, -0.1) is 0 Å². The third kappa shape index (κ3) is 4.22. The maximum Gasteiger partial charge on any atom is 0.250 e. The molecule has 0 heterocycles. The van der Waals surface area contributed by atoms with Crippen molar-refractivity contribution in [2.24, 2.45) is 0 Å². The maximum atomic E-state index is 12.0. The van der Waals surface area contributed by atoms with Crippen LogP contribution in [0.2, 0.25) is 0 Å². The first-order valence-corrected chi connectivity index (χ1v) is 8.10. The molecular formula is C20H16N2O2S. The monoisotopic (exact) mass is 348 g/mol. The van der Waals surface area contributed by atoms with Crippen molar-refractivity contribution in [1.82, 2.24) is 5.32 Å². The molecular weight excluding hydrogens is 332 g/mol. The quantitative estimate of drug-likeness (QED) is 0.493. The van der Waals surface area contributed by atoms with Gasteiger partial charge in [0.15, 0.2) is 5.11 Å². The van der Waals surface area contributed by atoms with Crippen LogP contribution in [0.15, 0.2) is 72.8 Å². The van der Waals surface area contributed by atoms with Crippen LogP contribution in [0, 0.1) is 0 Å². The molecule has 0 aliphatic heterocycles. The first-order chi connectivity index (χ1) is 12.1. The number of hydrogen-bond donors (Lipinski definition) is 3. The number of benzene rings is 3. The molecule has 3 rings (SSSR count). The summed E-state index contributed by atoms with van der Waals surface area (Å²) in [6.07, 6.45) is 3.14. The Balaban J connectivity index is 1.68. The van der Waals surface area contributed by atoms with E-state index in [9.17, 15) is 9.90 Å². The van der Waals surface area contributed by atoms with Crippen LogP contribution >= 0.6 is 12.2 Å². The molecule has 0 radical (unpaired) electrons. The molecule has 0 aliphatic rings. The average molecular weight is 348 g/mol. The van der Waals surface area contributed by atoms with Crippen LogP contribution < -0.4 is 10.6 Å². The van der Waals surface area contributed by atoms with Gasteiger partial charge in [-0.3, -0.25) is 10.1 Å². The highest BCUT2D eigenvalue weighted by Crippen LogP contribution is 2.29. The predicted molar refractivity (Wildman–Crippen MR) is 105 cm³/mol. The lowest BCUT2D eigenvalue weighted by Gasteiger charge is -2.11. The van der Waals surface area contributed by atoms with E-state index in [1.165, 1.54) is 6.08 Å². The second kappa shape index (κ2) is 7.59. The summed E-state index contributed by atoms with van der Waals surface area (Å²) in [5.41, 5.74) is 1.65. The molecule has 0 saturated heterocycles. The van der Waals surface area contributed by atoms with Gasteiger partial charge in [0.2, 0.25) is 5.91 Å². The molecule has 0 spiro atoms. The summed E-state index contributed by atoms with van der Waals surface area (Å²) in [5.74, 6) is -0.119. The van der Waals surface area contributed by atoms with E-state index >= 15 is 0 Å². The normalized spacial score (nSPS) is 10.7. The Bertz CT molecular complexity index is 952. The van der Waals surface area contributed by atoms with Crippen molar-refractivity contribution in [3.05, 3.63) is 78.4 Å². The first kappa shape index (κ1) is 16.7. The number of fused-ring (bicyclic) bond motifs is 1. The fraction of sp³-hybridized carbons (Fsp3) is 0. The van der Waals surface area contributed by atoms with E-state index in [1.807, 2.05) is 54.6 Å². The SMILES string of the molecule is O=C(/C=C/c1ccccc1)NC(=S)Nc1cccc2c(O)cccc12. The number of carbonyl (C=O) groups excluding carboxylic acids is 1. The average Bonchev–Trinajstić information content (AvgIpc) is 2.62. The Morgan fingerprint density at radius 1 is 0.920 bits per heavy atom. The molecule has 5 heteroatoms. The Morgan fingerprint density at radius 3 is 2.44 bits per heavy atom. The molecule has 0 aromatic heterocycles. The van der Waals surface area contributed by atoms with E-state index in [0.717, 1.165) is 10.9 Å². The van der Waals surface area contributed by atoms with Crippen LogP contribution in [-0.4, -0.2) is 16.1 Å². The number of phenols is 1. The summed E-state index contributed by atoms with van der Waals surface area (Å²) in [7, 11) is 0. The van der Waals surface area contributed by atoms with Crippen molar-refractivity contribution in [3.63, 3.8) is 0 Å². The van der Waals surface area contributed by atoms with Crippen molar-refractivity contribution < 1.29 is 9.90 Å². The largest absolute Gasteiger partial charge is 0.507 e. The zero-order valence-electron chi connectivity index (χ0n) is 13.3. The highest BCUT2D eigenvalue weighted by atomic mass is 32.1. The molecule has 3 aromatic carbocycles. The van der Waals surface area contributed by atoms with E-state index in [-0.39, 0.29) is 16.8 Å². The number of aromatic hydroxyl groups is 1. The summed E-state index contributed by atoms with van der Waals surface area (Å²) in [6, 6.07) is 20.2. The molecule has 0 atom stereocenters. The van der Waals surface area contributed by atoms with Gasteiger partial charge in [-0.1, -0.05) is 54.6 Å². The molecule has 4 nitrogen and oxygen atoms in total. The minimum Gasteiger partial charge on any atom is -0.507 e. The molecule has 3 N–H and O–H groups in total. The van der Waals surface area contributed by atoms with Gasteiger partial charge in [0.05, 0.1) is 0 Å². The zero-order valence-corrected chi connectivity index (χ0v) is 14.1. The number of anilines is 1. The van der Waals surface area contributed by atoms with Crippen LogP contribution in [0.25, 0.3) is 16.8 Å². The minimum atomic E-state index is -0.315. The highest BCUT2D eigenvalue weighted by molar-refractivity contribution is 7.80. The van der Waals surface area contributed by atoms with E-state index < -0.39 is 0 Å². The number of carbonyl (C=O) groups is 1. The van der Waals surface area contributed by atoms with Gasteiger partial charge in [-0.25, -0.2) is 0 Å². The summed E-state index contributed by atoms with van der Waals surface area (Å²) >= 11 is 5.20. The van der Waals surface area contributed by atoms with Crippen LogP contribution in [0.3, 0.4) is 0 Å². The fourth-order valence-corrected chi connectivity index (χ4v) is 2.66.